The van der Waals surface area contributed by atoms with Crippen LogP contribution in [0.25, 0.3) is 33.9 Å². The molecule has 0 saturated carbocycles. The maximum absolute atomic E-state index is 5.85. The SMILES string of the molecule is c1cnn(-c2ccc3ncc(-c4ccc(OCCOC5CCOCC5)cc4)n3c2)c1.c1cnn(-c2ccc3nccn3c2)c1. The van der Waals surface area contributed by atoms with Crippen molar-refractivity contribution < 1.29 is 14.2 Å². The zero-order chi connectivity index (χ0) is 29.6. The molecule has 1 aliphatic heterocycles. The third-order valence-corrected chi connectivity index (χ3v) is 7.43. The van der Waals surface area contributed by atoms with Crippen LogP contribution in [-0.4, -0.2) is 70.9 Å². The Hall–Kier alpha value is -5.26. The molecule has 222 valence electrons. The molecule has 11 nitrogen and oxygen atoms in total. The second-order valence-corrected chi connectivity index (χ2v) is 10.3. The predicted molar refractivity (Wildman–Crippen MR) is 165 cm³/mol. The lowest BCUT2D eigenvalue weighted by atomic mass is 10.1. The summed E-state index contributed by atoms with van der Waals surface area (Å²) in [4.78, 5) is 8.70. The van der Waals surface area contributed by atoms with Crippen molar-refractivity contribution >= 4 is 11.3 Å². The molecular formula is C33H32N8O3. The summed E-state index contributed by atoms with van der Waals surface area (Å²) in [6.45, 7) is 2.72. The molecule has 0 atom stereocenters. The van der Waals surface area contributed by atoms with Crippen LogP contribution < -0.4 is 4.74 Å². The van der Waals surface area contributed by atoms with Gasteiger partial charge in [-0.25, -0.2) is 19.3 Å². The first kappa shape index (κ1) is 27.6. The number of fused-ring (bicyclic) bond motifs is 2. The van der Waals surface area contributed by atoms with Crippen molar-refractivity contribution in [1.82, 2.24) is 38.3 Å². The number of imidazole rings is 2. The summed E-state index contributed by atoms with van der Waals surface area (Å²) < 4.78 is 24.7. The Morgan fingerprint density at radius 3 is 2.18 bits per heavy atom. The molecule has 7 aromatic rings. The standard InChI is InChI=1S/C23H24N4O3.C10H8N4/c1-10-25-27(11-1)19-4-7-23-24-16-22(26(23)17-19)18-2-5-20(6-3-18)29-14-15-30-21-8-12-28-13-9-21;1-4-12-14(6-1)9-2-3-10-11-5-7-13(10)8-9/h1-7,10-11,16-17,21H,8-9,12-15H2;1-8H. The molecule has 0 bridgehead atoms. The minimum atomic E-state index is 0.298. The Kier molecular flexibility index (Phi) is 8.11. The molecule has 7 heterocycles. The van der Waals surface area contributed by atoms with Gasteiger partial charge in [-0.1, -0.05) is 0 Å². The molecule has 0 amide bonds. The van der Waals surface area contributed by atoms with E-state index in [0.29, 0.717) is 19.3 Å². The maximum Gasteiger partial charge on any atom is 0.137 e. The van der Waals surface area contributed by atoms with Crippen LogP contribution in [0, 0.1) is 0 Å². The summed E-state index contributed by atoms with van der Waals surface area (Å²) in [5.74, 6) is 0.834. The van der Waals surface area contributed by atoms with Gasteiger partial charge in [0, 0.05) is 68.4 Å². The zero-order valence-corrected chi connectivity index (χ0v) is 24.1. The van der Waals surface area contributed by atoms with E-state index < -0.39 is 0 Å². The molecule has 0 aliphatic carbocycles. The van der Waals surface area contributed by atoms with Crippen LogP contribution in [0.1, 0.15) is 12.8 Å². The van der Waals surface area contributed by atoms with Gasteiger partial charge in [-0.05, 0) is 73.5 Å². The molecule has 0 unspecified atom stereocenters. The Labute approximate surface area is 253 Å². The van der Waals surface area contributed by atoms with Crippen molar-refractivity contribution in [2.24, 2.45) is 0 Å². The summed E-state index contributed by atoms with van der Waals surface area (Å²) in [5.41, 5.74) is 5.95. The van der Waals surface area contributed by atoms with E-state index in [0.717, 1.165) is 65.7 Å². The van der Waals surface area contributed by atoms with E-state index in [1.807, 2.05) is 99.5 Å². The van der Waals surface area contributed by atoms with Crippen LogP contribution in [0.5, 0.6) is 5.75 Å². The molecule has 0 spiro atoms. The summed E-state index contributed by atoms with van der Waals surface area (Å²) in [6.07, 6.45) is 19.2. The first-order valence-corrected chi connectivity index (χ1v) is 14.6. The molecular weight excluding hydrogens is 556 g/mol. The van der Waals surface area contributed by atoms with Crippen LogP contribution >= 0.6 is 0 Å². The molecule has 1 fully saturated rings. The van der Waals surface area contributed by atoms with Crippen LogP contribution in [0.2, 0.25) is 0 Å². The number of aromatic nitrogens is 8. The van der Waals surface area contributed by atoms with E-state index >= 15 is 0 Å². The maximum atomic E-state index is 5.85. The highest BCUT2D eigenvalue weighted by Gasteiger charge is 2.14. The van der Waals surface area contributed by atoms with Crippen molar-refractivity contribution in [3.63, 3.8) is 0 Å². The van der Waals surface area contributed by atoms with E-state index in [1.54, 1.807) is 18.6 Å². The number of hydrogen-bond acceptors (Lipinski definition) is 7. The highest BCUT2D eigenvalue weighted by molar-refractivity contribution is 5.65. The average Bonchev–Trinajstić information content (AvgIpc) is 3.91. The van der Waals surface area contributed by atoms with Gasteiger partial charge in [-0.3, -0.25) is 4.40 Å². The molecule has 0 N–H and O–H groups in total. The molecule has 6 aromatic heterocycles. The van der Waals surface area contributed by atoms with Crippen molar-refractivity contribution in [3.05, 3.63) is 116 Å². The van der Waals surface area contributed by atoms with Crippen LogP contribution in [0.3, 0.4) is 0 Å². The first-order valence-electron chi connectivity index (χ1n) is 14.6. The van der Waals surface area contributed by atoms with E-state index in [1.165, 1.54) is 0 Å². The first-order chi connectivity index (χ1) is 21.8. The largest absolute Gasteiger partial charge is 0.491 e. The van der Waals surface area contributed by atoms with Gasteiger partial charge in [-0.2, -0.15) is 10.2 Å². The zero-order valence-electron chi connectivity index (χ0n) is 24.1. The van der Waals surface area contributed by atoms with E-state index in [2.05, 4.69) is 36.7 Å². The normalized spacial score (nSPS) is 13.6. The number of nitrogens with zero attached hydrogens (tertiary/aromatic N) is 8. The topological polar surface area (TPSA) is 97.9 Å². The predicted octanol–water partition coefficient (Wildman–Crippen LogP) is 5.28. The second-order valence-electron chi connectivity index (χ2n) is 10.3. The van der Waals surface area contributed by atoms with Crippen molar-refractivity contribution in [1.29, 1.82) is 0 Å². The average molecular weight is 589 g/mol. The molecule has 8 rings (SSSR count). The van der Waals surface area contributed by atoms with Crippen LogP contribution in [0.15, 0.2) is 116 Å². The van der Waals surface area contributed by atoms with E-state index in [9.17, 15) is 0 Å². The van der Waals surface area contributed by atoms with Gasteiger partial charge in [-0.15, -0.1) is 0 Å². The fourth-order valence-electron chi connectivity index (χ4n) is 5.14. The third-order valence-electron chi connectivity index (χ3n) is 7.43. The van der Waals surface area contributed by atoms with Gasteiger partial charge in [0.05, 0.1) is 36.0 Å². The highest BCUT2D eigenvalue weighted by Crippen LogP contribution is 2.24. The van der Waals surface area contributed by atoms with E-state index in [4.69, 9.17) is 14.2 Å². The quantitative estimate of drug-likeness (QED) is 0.223. The Bertz CT molecular complexity index is 1900. The van der Waals surface area contributed by atoms with Crippen molar-refractivity contribution in [2.75, 3.05) is 26.4 Å². The number of ether oxygens (including phenoxy) is 3. The number of rotatable bonds is 8. The molecule has 1 aliphatic rings. The summed E-state index contributed by atoms with van der Waals surface area (Å²) in [7, 11) is 0. The van der Waals surface area contributed by atoms with E-state index in [-0.39, 0.29) is 0 Å². The minimum absolute atomic E-state index is 0.298. The Morgan fingerprint density at radius 1 is 0.727 bits per heavy atom. The fourth-order valence-corrected chi connectivity index (χ4v) is 5.14. The van der Waals surface area contributed by atoms with Crippen molar-refractivity contribution in [2.45, 2.75) is 18.9 Å². The Balaban J connectivity index is 0.000000185. The van der Waals surface area contributed by atoms with Crippen LogP contribution in [-0.2, 0) is 9.47 Å². The molecule has 1 aromatic carbocycles. The smallest absolute Gasteiger partial charge is 0.137 e. The third kappa shape index (κ3) is 6.24. The number of benzene rings is 1. The van der Waals surface area contributed by atoms with Gasteiger partial charge in [0.15, 0.2) is 0 Å². The second kappa shape index (κ2) is 12.9. The lowest BCUT2D eigenvalue weighted by molar-refractivity contribution is -0.0388. The lowest BCUT2D eigenvalue weighted by Crippen LogP contribution is -2.25. The molecule has 11 heteroatoms. The summed E-state index contributed by atoms with van der Waals surface area (Å²) in [6, 6.07) is 19.9. The molecule has 44 heavy (non-hydrogen) atoms. The van der Waals surface area contributed by atoms with Gasteiger partial charge < -0.3 is 18.6 Å². The van der Waals surface area contributed by atoms with Gasteiger partial charge in [0.2, 0.25) is 0 Å². The number of hydrogen-bond donors (Lipinski definition) is 0. The van der Waals surface area contributed by atoms with Crippen molar-refractivity contribution in [3.8, 4) is 28.4 Å². The Morgan fingerprint density at radius 2 is 1.45 bits per heavy atom. The molecule has 0 radical (unpaired) electrons. The fraction of sp³-hybridized carbons (Fsp3) is 0.212. The summed E-state index contributed by atoms with van der Waals surface area (Å²) in [5, 5.41) is 8.47. The monoisotopic (exact) mass is 588 g/mol. The van der Waals surface area contributed by atoms with Gasteiger partial charge >= 0.3 is 0 Å². The summed E-state index contributed by atoms with van der Waals surface area (Å²) >= 11 is 0. The van der Waals surface area contributed by atoms with Gasteiger partial charge in [0.1, 0.15) is 23.7 Å². The minimum Gasteiger partial charge on any atom is -0.491 e. The highest BCUT2D eigenvalue weighted by atomic mass is 16.5. The number of pyridine rings is 2. The van der Waals surface area contributed by atoms with Gasteiger partial charge in [0.25, 0.3) is 0 Å². The molecule has 1 saturated heterocycles. The van der Waals surface area contributed by atoms with Crippen LogP contribution in [0.4, 0.5) is 0 Å². The lowest BCUT2D eigenvalue weighted by Gasteiger charge is -2.22.